The van der Waals surface area contributed by atoms with Gasteiger partial charge in [0.05, 0.1) is 13.2 Å². The number of aromatic nitrogens is 2. The molecular weight excluding hydrogens is 290 g/mol. The van der Waals surface area contributed by atoms with Crippen LogP contribution in [0.25, 0.3) is 0 Å². The van der Waals surface area contributed by atoms with E-state index in [1.807, 2.05) is 38.2 Å². The molecule has 114 valence electrons. The van der Waals surface area contributed by atoms with Gasteiger partial charge in [0.15, 0.2) is 5.82 Å². The second kappa shape index (κ2) is 8.00. The van der Waals surface area contributed by atoms with Crippen molar-refractivity contribution in [1.29, 1.82) is 0 Å². The van der Waals surface area contributed by atoms with Gasteiger partial charge in [0.25, 0.3) is 0 Å². The monoisotopic (exact) mass is 309 g/mol. The lowest BCUT2D eigenvalue weighted by molar-refractivity contribution is 0.235. The maximum atomic E-state index is 5.82. The summed E-state index contributed by atoms with van der Waals surface area (Å²) in [5, 5.41) is 4.60. The lowest BCUT2D eigenvalue weighted by Gasteiger charge is -2.14. The van der Waals surface area contributed by atoms with Crippen molar-refractivity contribution in [2.24, 2.45) is 0 Å². The van der Waals surface area contributed by atoms with Gasteiger partial charge >= 0.3 is 0 Å². The summed E-state index contributed by atoms with van der Waals surface area (Å²) in [6, 6.07) is 7.39. The topological polar surface area (TPSA) is 51.4 Å². The molecule has 0 aliphatic heterocycles. The van der Waals surface area contributed by atoms with Gasteiger partial charge in [0.1, 0.15) is 5.75 Å². The van der Waals surface area contributed by atoms with Crippen LogP contribution in [0.1, 0.15) is 25.1 Å². The summed E-state index contributed by atoms with van der Waals surface area (Å²) in [6.07, 6.45) is 1.72. The second-order valence-electron chi connectivity index (χ2n) is 4.85. The molecule has 0 radical (unpaired) electrons. The summed E-state index contributed by atoms with van der Waals surface area (Å²) in [7, 11) is 2.03. The van der Waals surface area contributed by atoms with Crippen LogP contribution in [0.5, 0.6) is 5.75 Å². The first-order valence-corrected chi connectivity index (χ1v) is 7.43. The molecule has 2 aromatic rings. The molecule has 0 N–H and O–H groups in total. The largest absolute Gasteiger partial charge is 0.494 e. The van der Waals surface area contributed by atoms with Gasteiger partial charge in [-0.1, -0.05) is 23.7 Å². The first-order valence-electron chi connectivity index (χ1n) is 7.05. The molecule has 0 saturated heterocycles. The molecule has 5 nitrogen and oxygen atoms in total. The number of nitrogens with zero attached hydrogens (tertiary/aromatic N) is 3. The number of benzene rings is 1. The van der Waals surface area contributed by atoms with Gasteiger partial charge in [0, 0.05) is 18.0 Å². The Kier molecular flexibility index (Phi) is 6.02. The van der Waals surface area contributed by atoms with Crippen molar-refractivity contribution in [3.8, 4) is 5.75 Å². The molecule has 2 rings (SSSR count). The number of hydrogen-bond acceptors (Lipinski definition) is 5. The van der Waals surface area contributed by atoms with E-state index in [0.29, 0.717) is 24.1 Å². The Morgan fingerprint density at radius 1 is 1.29 bits per heavy atom. The van der Waals surface area contributed by atoms with Crippen molar-refractivity contribution >= 4 is 11.6 Å². The first-order chi connectivity index (χ1) is 10.2. The zero-order valence-corrected chi connectivity index (χ0v) is 13.1. The molecule has 0 spiro atoms. The van der Waals surface area contributed by atoms with Crippen LogP contribution in [-0.4, -0.2) is 35.2 Å². The summed E-state index contributed by atoms with van der Waals surface area (Å²) in [4.78, 5) is 6.43. The zero-order chi connectivity index (χ0) is 15.1. The van der Waals surface area contributed by atoms with Gasteiger partial charge in [-0.3, -0.25) is 4.90 Å². The van der Waals surface area contributed by atoms with E-state index in [9.17, 15) is 0 Å². The van der Waals surface area contributed by atoms with E-state index < -0.39 is 0 Å². The minimum Gasteiger partial charge on any atom is -0.494 e. The van der Waals surface area contributed by atoms with E-state index in [2.05, 4.69) is 15.0 Å². The molecule has 0 bridgehead atoms. The quantitative estimate of drug-likeness (QED) is 0.701. The first kappa shape index (κ1) is 15.8. The molecule has 1 aromatic heterocycles. The molecule has 0 fully saturated rings. The van der Waals surface area contributed by atoms with Gasteiger partial charge in [-0.05, 0) is 37.7 Å². The van der Waals surface area contributed by atoms with Crippen molar-refractivity contribution in [3.05, 3.63) is 41.0 Å². The molecule has 0 saturated carbocycles. The highest BCUT2D eigenvalue weighted by atomic mass is 35.5. The van der Waals surface area contributed by atoms with Crippen LogP contribution in [0.15, 0.2) is 28.8 Å². The predicted octanol–water partition coefficient (Wildman–Crippen LogP) is 3.19. The van der Waals surface area contributed by atoms with Crippen molar-refractivity contribution in [1.82, 2.24) is 15.0 Å². The molecule has 0 unspecified atom stereocenters. The van der Waals surface area contributed by atoms with Crippen LogP contribution >= 0.6 is 11.6 Å². The molecule has 0 aliphatic carbocycles. The Labute approximate surface area is 129 Å². The van der Waals surface area contributed by atoms with Crippen LogP contribution in [0.4, 0.5) is 0 Å². The summed E-state index contributed by atoms with van der Waals surface area (Å²) >= 11 is 5.82. The van der Waals surface area contributed by atoms with Crippen molar-refractivity contribution in [3.63, 3.8) is 0 Å². The molecule has 6 heteroatoms. The van der Waals surface area contributed by atoms with Crippen molar-refractivity contribution in [2.45, 2.75) is 26.3 Å². The lowest BCUT2D eigenvalue weighted by Crippen LogP contribution is -2.21. The highest BCUT2D eigenvalue weighted by Crippen LogP contribution is 2.15. The van der Waals surface area contributed by atoms with Gasteiger partial charge in [-0.2, -0.15) is 4.98 Å². The Hall–Kier alpha value is -1.59. The second-order valence-corrected chi connectivity index (χ2v) is 5.29. The highest BCUT2D eigenvalue weighted by Gasteiger charge is 2.07. The van der Waals surface area contributed by atoms with Crippen molar-refractivity contribution < 1.29 is 9.26 Å². The van der Waals surface area contributed by atoms with E-state index >= 15 is 0 Å². The molecule has 21 heavy (non-hydrogen) atoms. The van der Waals surface area contributed by atoms with Gasteiger partial charge in [-0.15, -0.1) is 0 Å². The number of aryl methyl sites for hydroxylation is 1. The standard InChI is InChI=1S/C15H20ClN3O2/c1-3-14-17-15(21-18-14)11-19(2)9-4-10-20-13-7-5-12(16)6-8-13/h5-8H,3-4,9-11H2,1-2H3. The smallest absolute Gasteiger partial charge is 0.240 e. The number of halogens is 1. The third-order valence-corrected chi connectivity index (χ3v) is 3.25. The predicted molar refractivity (Wildman–Crippen MR) is 81.6 cm³/mol. The fraction of sp³-hybridized carbons (Fsp3) is 0.467. The fourth-order valence-electron chi connectivity index (χ4n) is 1.86. The van der Waals surface area contributed by atoms with Crippen LogP contribution in [-0.2, 0) is 13.0 Å². The van der Waals surface area contributed by atoms with E-state index in [4.69, 9.17) is 20.9 Å². The minimum atomic E-state index is 0.660. The normalized spacial score (nSPS) is 11.0. The molecule has 1 aromatic carbocycles. The number of ether oxygens (including phenoxy) is 1. The van der Waals surface area contributed by atoms with E-state index in [1.54, 1.807) is 0 Å². The van der Waals surface area contributed by atoms with E-state index in [0.717, 1.165) is 31.0 Å². The zero-order valence-electron chi connectivity index (χ0n) is 12.4. The summed E-state index contributed by atoms with van der Waals surface area (Å²) in [5.41, 5.74) is 0. The van der Waals surface area contributed by atoms with E-state index in [-0.39, 0.29) is 0 Å². The number of rotatable bonds is 8. The third-order valence-electron chi connectivity index (χ3n) is 3.00. The maximum Gasteiger partial charge on any atom is 0.240 e. The van der Waals surface area contributed by atoms with Gasteiger partial charge < -0.3 is 9.26 Å². The molecule has 0 aliphatic rings. The molecule has 0 amide bonds. The number of hydrogen-bond donors (Lipinski definition) is 0. The van der Waals surface area contributed by atoms with Crippen LogP contribution in [0, 0.1) is 0 Å². The van der Waals surface area contributed by atoms with E-state index in [1.165, 1.54) is 0 Å². The average molecular weight is 310 g/mol. The summed E-state index contributed by atoms with van der Waals surface area (Å²) < 4.78 is 10.8. The molecule has 0 atom stereocenters. The Morgan fingerprint density at radius 2 is 2.05 bits per heavy atom. The lowest BCUT2D eigenvalue weighted by atomic mass is 10.3. The highest BCUT2D eigenvalue weighted by molar-refractivity contribution is 6.30. The summed E-state index contributed by atoms with van der Waals surface area (Å²) in [6.45, 7) is 4.23. The Morgan fingerprint density at radius 3 is 2.71 bits per heavy atom. The van der Waals surface area contributed by atoms with Crippen molar-refractivity contribution in [2.75, 3.05) is 20.2 Å². The maximum absolute atomic E-state index is 5.82. The van der Waals surface area contributed by atoms with Gasteiger partial charge in [-0.25, -0.2) is 0 Å². The average Bonchev–Trinajstić information content (AvgIpc) is 2.93. The Balaban J connectivity index is 1.64. The summed E-state index contributed by atoms with van der Waals surface area (Å²) in [5.74, 6) is 2.25. The SMILES string of the molecule is CCc1noc(CN(C)CCCOc2ccc(Cl)cc2)n1. The molecule has 1 heterocycles. The Bertz CT molecular complexity index is 542. The van der Waals surface area contributed by atoms with Crippen LogP contribution < -0.4 is 4.74 Å². The van der Waals surface area contributed by atoms with Crippen LogP contribution in [0.2, 0.25) is 5.02 Å². The van der Waals surface area contributed by atoms with Gasteiger partial charge in [0.2, 0.25) is 5.89 Å². The minimum absolute atomic E-state index is 0.660. The molecular formula is C15H20ClN3O2. The fourth-order valence-corrected chi connectivity index (χ4v) is 1.99. The van der Waals surface area contributed by atoms with Crippen LogP contribution in [0.3, 0.4) is 0 Å². The third kappa shape index (κ3) is 5.36.